The van der Waals surface area contributed by atoms with Crippen LogP contribution in [0, 0.1) is 6.92 Å². The van der Waals surface area contributed by atoms with E-state index in [0.29, 0.717) is 5.69 Å². The van der Waals surface area contributed by atoms with Crippen LogP contribution in [0.4, 0.5) is 5.69 Å². The van der Waals surface area contributed by atoms with Crippen molar-refractivity contribution < 1.29 is 9.59 Å². The first-order valence-electron chi connectivity index (χ1n) is 6.12. The van der Waals surface area contributed by atoms with Crippen LogP contribution in [0.2, 0.25) is 0 Å². The predicted octanol–water partition coefficient (Wildman–Crippen LogP) is 2.52. The Morgan fingerprint density at radius 2 is 1.90 bits per heavy atom. The van der Waals surface area contributed by atoms with E-state index in [2.05, 4.69) is 5.43 Å². The zero-order valence-corrected chi connectivity index (χ0v) is 11.6. The zero-order valence-electron chi connectivity index (χ0n) is 10.8. The molecule has 0 saturated carbocycles. The van der Waals surface area contributed by atoms with Gasteiger partial charge >= 0.3 is 0 Å². The van der Waals surface area contributed by atoms with Gasteiger partial charge in [0.25, 0.3) is 11.8 Å². The number of amides is 2. The third kappa shape index (κ3) is 2.23. The Morgan fingerprint density at radius 1 is 1.15 bits per heavy atom. The molecule has 2 aromatic rings. The summed E-state index contributed by atoms with van der Waals surface area (Å²) in [6.45, 7) is 1.97. The average molecular weight is 284 g/mol. The molecule has 2 amide bonds. The van der Waals surface area contributed by atoms with E-state index < -0.39 is 0 Å². The standard InChI is InChI=1S/C15H12N2O2S/c1-10-4-6-11(7-5-10)17-15(19)13(14(18)16-17)9-12-3-2-8-20-12/h2-9H,1H3,(H,16,18). The molecule has 0 unspecified atom stereocenters. The minimum Gasteiger partial charge on any atom is -0.267 e. The van der Waals surface area contributed by atoms with Gasteiger partial charge in [0.15, 0.2) is 0 Å². The monoisotopic (exact) mass is 284 g/mol. The van der Waals surface area contributed by atoms with Gasteiger partial charge in [-0.25, -0.2) is 5.01 Å². The van der Waals surface area contributed by atoms with Crippen LogP contribution >= 0.6 is 11.3 Å². The quantitative estimate of drug-likeness (QED) is 0.680. The van der Waals surface area contributed by atoms with Crippen molar-refractivity contribution in [2.75, 3.05) is 5.01 Å². The number of nitrogens with zero attached hydrogens (tertiary/aromatic N) is 1. The van der Waals surface area contributed by atoms with E-state index in [0.717, 1.165) is 10.4 Å². The van der Waals surface area contributed by atoms with E-state index in [-0.39, 0.29) is 17.4 Å². The van der Waals surface area contributed by atoms with Crippen LogP contribution in [0.15, 0.2) is 47.4 Å². The zero-order chi connectivity index (χ0) is 14.1. The number of carbonyl (C=O) groups excluding carboxylic acids is 2. The summed E-state index contributed by atoms with van der Waals surface area (Å²) in [4.78, 5) is 25.1. The Kier molecular flexibility index (Phi) is 3.12. The van der Waals surface area contributed by atoms with Gasteiger partial charge in [-0.1, -0.05) is 23.8 Å². The third-order valence-electron chi connectivity index (χ3n) is 3.01. The summed E-state index contributed by atoms with van der Waals surface area (Å²) in [5, 5.41) is 3.18. The number of hydrogen-bond donors (Lipinski definition) is 1. The smallest absolute Gasteiger partial charge is 0.267 e. The van der Waals surface area contributed by atoms with Crippen molar-refractivity contribution >= 4 is 34.9 Å². The molecule has 1 saturated heterocycles. The lowest BCUT2D eigenvalue weighted by molar-refractivity contribution is -0.117. The summed E-state index contributed by atoms with van der Waals surface area (Å²) < 4.78 is 0. The number of nitrogens with one attached hydrogen (secondary N) is 1. The van der Waals surface area contributed by atoms with Gasteiger partial charge in [0.05, 0.1) is 5.69 Å². The number of benzene rings is 1. The van der Waals surface area contributed by atoms with Crippen LogP contribution in [0.3, 0.4) is 0 Å². The molecule has 1 aromatic heterocycles. The van der Waals surface area contributed by atoms with E-state index in [9.17, 15) is 9.59 Å². The van der Waals surface area contributed by atoms with Gasteiger partial charge in [-0.05, 0) is 36.6 Å². The number of hydrazine groups is 1. The summed E-state index contributed by atoms with van der Waals surface area (Å²) in [7, 11) is 0. The van der Waals surface area contributed by atoms with Crippen molar-refractivity contribution in [2.24, 2.45) is 0 Å². The van der Waals surface area contributed by atoms with E-state index in [1.807, 2.05) is 48.7 Å². The number of hydrogen-bond acceptors (Lipinski definition) is 3. The molecule has 1 aromatic carbocycles. The number of aryl methyl sites for hydroxylation is 1. The molecular formula is C15H12N2O2S. The first kappa shape index (κ1) is 12.6. The molecule has 1 fully saturated rings. The van der Waals surface area contributed by atoms with Crippen LogP contribution in [-0.2, 0) is 9.59 Å². The van der Waals surface area contributed by atoms with Crippen molar-refractivity contribution in [3.05, 3.63) is 57.8 Å². The van der Waals surface area contributed by atoms with E-state index in [4.69, 9.17) is 0 Å². The van der Waals surface area contributed by atoms with Crippen LogP contribution in [0.5, 0.6) is 0 Å². The molecule has 0 atom stereocenters. The first-order valence-corrected chi connectivity index (χ1v) is 7.00. The molecule has 4 nitrogen and oxygen atoms in total. The highest BCUT2D eigenvalue weighted by Gasteiger charge is 2.34. The van der Waals surface area contributed by atoms with Crippen molar-refractivity contribution in [1.82, 2.24) is 5.43 Å². The molecule has 1 N–H and O–H groups in total. The van der Waals surface area contributed by atoms with Gasteiger partial charge in [-0.15, -0.1) is 11.3 Å². The molecule has 2 heterocycles. The molecule has 20 heavy (non-hydrogen) atoms. The Labute approximate surface area is 120 Å². The van der Waals surface area contributed by atoms with Gasteiger partial charge in [0.1, 0.15) is 5.57 Å². The number of thiophene rings is 1. The molecule has 0 bridgehead atoms. The predicted molar refractivity (Wildman–Crippen MR) is 79.1 cm³/mol. The summed E-state index contributed by atoms with van der Waals surface area (Å²) in [5.41, 5.74) is 4.50. The molecule has 100 valence electrons. The highest BCUT2D eigenvalue weighted by molar-refractivity contribution is 7.10. The Hall–Kier alpha value is -2.40. The molecule has 5 heteroatoms. The van der Waals surface area contributed by atoms with Crippen molar-refractivity contribution in [3.63, 3.8) is 0 Å². The summed E-state index contributed by atoms with van der Waals surface area (Å²) in [6, 6.07) is 11.2. The second-order valence-corrected chi connectivity index (χ2v) is 5.47. The lowest BCUT2D eigenvalue weighted by Gasteiger charge is -2.14. The highest BCUT2D eigenvalue weighted by atomic mass is 32.1. The number of anilines is 1. The fourth-order valence-corrected chi connectivity index (χ4v) is 2.61. The minimum atomic E-state index is -0.371. The van der Waals surface area contributed by atoms with Gasteiger partial charge in [0.2, 0.25) is 0 Å². The van der Waals surface area contributed by atoms with Gasteiger partial charge < -0.3 is 0 Å². The second kappa shape index (κ2) is 4.94. The molecule has 1 aliphatic heterocycles. The van der Waals surface area contributed by atoms with Crippen molar-refractivity contribution in [3.8, 4) is 0 Å². The Morgan fingerprint density at radius 3 is 2.55 bits per heavy atom. The lowest BCUT2D eigenvalue weighted by atomic mass is 10.2. The molecular weight excluding hydrogens is 272 g/mol. The van der Waals surface area contributed by atoms with E-state index in [1.54, 1.807) is 6.08 Å². The van der Waals surface area contributed by atoms with Crippen LogP contribution in [-0.4, -0.2) is 11.8 Å². The topological polar surface area (TPSA) is 49.4 Å². The van der Waals surface area contributed by atoms with Gasteiger partial charge in [-0.3, -0.25) is 15.0 Å². The minimum absolute atomic E-state index is 0.160. The van der Waals surface area contributed by atoms with Crippen LogP contribution in [0.25, 0.3) is 6.08 Å². The molecule has 0 spiro atoms. The molecule has 0 radical (unpaired) electrons. The maximum Gasteiger partial charge on any atom is 0.282 e. The Bertz CT molecular complexity index is 687. The van der Waals surface area contributed by atoms with E-state index >= 15 is 0 Å². The van der Waals surface area contributed by atoms with Gasteiger partial charge in [-0.2, -0.15) is 0 Å². The molecule has 3 rings (SSSR count). The summed E-state index contributed by atoms with van der Waals surface area (Å²) >= 11 is 1.49. The summed E-state index contributed by atoms with van der Waals surface area (Å²) in [5.74, 6) is -0.698. The van der Waals surface area contributed by atoms with Crippen molar-refractivity contribution in [2.45, 2.75) is 6.92 Å². The maximum atomic E-state index is 12.3. The van der Waals surface area contributed by atoms with E-state index in [1.165, 1.54) is 16.3 Å². The fraction of sp³-hybridized carbons (Fsp3) is 0.0667. The number of carbonyl (C=O) groups is 2. The van der Waals surface area contributed by atoms with Crippen molar-refractivity contribution in [1.29, 1.82) is 0 Å². The largest absolute Gasteiger partial charge is 0.282 e. The van der Waals surface area contributed by atoms with Crippen LogP contribution < -0.4 is 10.4 Å². The lowest BCUT2D eigenvalue weighted by Crippen LogP contribution is -2.35. The third-order valence-corrected chi connectivity index (χ3v) is 3.83. The Balaban J connectivity index is 1.92. The fourth-order valence-electron chi connectivity index (χ4n) is 1.95. The normalized spacial score (nSPS) is 16.9. The van der Waals surface area contributed by atoms with Crippen LogP contribution in [0.1, 0.15) is 10.4 Å². The maximum absolute atomic E-state index is 12.3. The molecule has 1 aliphatic rings. The highest BCUT2D eigenvalue weighted by Crippen LogP contribution is 2.22. The second-order valence-electron chi connectivity index (χ2n) is 4.49. The first-order chi connectivity index (χ1) is 9.65. The average Bonchev–Trinajstić information content (AvgIpc) is 3.04. The molecule has 0 aliphatic carbocycles. The number of rotatable bonds is 2. The SMILES string of the molecule is Cc1ccc(N2NC(=O)C(=Cc3cccs3)C2=O)cc1. The van der Waals surface area contributed by atoms with Gasteiger partial charge in [0, 0.05) is 4.88 Å². The summed E-state index contributed by atoms with van der Waals surface area (Å²) in [6.07, 6.45) is 1.62.